The van der Waals surface area contributed by atoms with Crippen LogP contribution < -0.4 is 10.2 Å². The van der Waals surface area contributed by atoms with Crippen LogP contribution in [0.3, 0.4) is 0 Å². The van der Waals surface area contributed by atoms with Gasteiger partial charge < -0.3 is 15.0 Å². The maximum Gasteiger partial charge on any atom is 0.232 e. The molecule has 3 rings (SSSR count). The first-order valence-corrected chi connectivity index (χ1v) is 8.49. The lowest BCUT2D eigenvalue weighted by Gasteiger charge is -2.29. The fourth-order valence-electron chi connectivity index (χ4n) is 2.57. The predicted octanol–water partition coefficient (Wildman–Crippen LogP) is 3.47. The summed E-state index contributed by atoms with van der Waals surface area (Å²) in [5, 5.41) is 4.76. The maximum absolute atomic E-state index is 13.9. The second kappa shape index (κ2) is 7.10. The van der Waals surface area contributed by atoms with E-state index in [2.05, 4.69) is 10.2 Å². The molecule has 23 heavy (non-hydrogen) atoms. The maximum atomic E-state index is 13.9. The van der Waals surface area contributed by atoms with Gasteiger partial charge in [0, 0.05) is 29.3 Å². The summed E-state index contributed by atoms with van der Waals surface area (Å²) in [5.41, 5.74) is 1.26. The summed E-state index contributed by atoms with van der Waals surface area (Å²) < 4.78 is 19.2. The van der Waals surface area contributed by atoms with E-state index in [0.717, 1.165) is 23.7 Å². The number of thiophene rings is 1. The molecule has 1 amide bonds. The van der Waals surface area contributed by atoms with Crippen molar-refractivity contribution in [2.45, 2.75) is 12.8 Å². The van der Waals surface area contributed by atoms with Gasteiger partial charge in [0.1, 0.15) is 5.82 Å². The molecule has 0 spiro atoms. The van der Waals surface area contributed by atoms with E-state index in [1.807, 2.05) is 30.5 Å². The number of anilines is 2. The Morgan fingerprint density at radius 1 is 1.35 bits per heavy atom. The summed E-state index contributed by atoms with van der Waals surface area (Å²) in [5.74, 6) is -0.746. The van der Waals surface area contributed by atoms with Crippen LogP contribution in [0.5, 0.6) is 0 Å². The van der Waals surface area contributed by atoms with Crippen LogP contribution in [0, 0.1) is 5.82 Å². The number of benzene rings is 1. The van der Waals surface area contributed by atoms with Gasteiger partial charge in [0.15, 0.2) is 0 Å². The first kappa shape index (κ1) is 16.0. The van der Waals surface area contributed by atoms with Gasteiger partial charge in [-0.3, -0.25) is 4.79 Å². The Labute approximate surface area is 138 Å². The van der Waals surface area contributed by atoms with Crippen LogP contribution in [0.1, 0.15) is 17.7 Å². The van der Waals surface area contributed by atoms with Gasteiger partial charge in [-0.1, -0.05) is 6.07 Å². The molecule has 1 aromatic heterocycles. The van der Waals surface area contributed by atoms with Crippen LogP contribution in [0.4, 0.5) is 15.8 Å². The summed E-state index contributed by atoms with van der Waals surface area (Å²) in [6.45, 7) is 4.56. The molecule has 1 aliphatic rings. The molecule has 2 aromatic rings. The number of hydrogen-bond acceptors (Lipinski definition) is 4. The van der Waals surface area contributed by atoms with Crippen molar-refractivity contribution in [3.05, 3.63) is 46.4 Å². The third-order valence-electron chi connectivity index (χ3n) is 3.89. The van der Waals surface area contributed by atoms with Gasteiger partial charge in [0.05, 0.1) is 19.1 Å². The molecule has 0 bridgehead atoms. The van der Waals surface area contributed by atoms with Crippen molar-refractivity contribution in [3.63, 3.8) is 0 Å². The third-order valence-corrected chi connectivity index (χ3v) is 4.94. The molecule has 6 heteroatoms. The molecule has 122 valence electrons. The zero-order valence-electron chi connectivity index (χ0n) is 12.9. The van der Waals surface area contributed by atoms with Crippen molar-refractivity contribution < 1.29 is 13.9 Å². The fourth-order valence-corrected chi connectivity index (χ4v) is 3.35. The third kappa shape index (κ3) is 3.89. The lowest BCUT2D eigenvalue weighted by Crippen LogP contribution is -2.36. The van der Waals surface area contributed by atoms with Gasteiger partial charge in [0.2, 0.25) is 5.91 Å². The summed E-state index contributed by atoms with van der Waals surface area (Å²) in [6.07, 6.45) is 0. The van der Waals surface area contributed by atoms with Gasteiger partial charge in [-0.2, -0.15) is 0 Å². The van der Waals surface area contributed by atoms with Crippen LogP contribution in [-0.4, -0.2) is 32.2 Å². The van der Waals surface area contributed by atoms with E-state index >= 15 is 0 Å². The second-order valence-electron chi connectivity index (χ2n) is 5.52. The Hall–Kier alpha value is -1.92. The molecule has 1 unspecified atom stereocenters. The number of nitrogens with zero attached hydrogens (tertiary/aromatic N) is 1. The molecule has 1 saturated heterocycles. The Balaban J connectivity index is 1.74. The highest BCUT2D eigenvalue weighted by Crippen LogP contribution is 2.26. The topological polar surface area (TPSA) is 41.6 Å². The number of carbonyl (C=O) groups excluding carboxylic acids is 1. The standard InChI is InChI=1S/C17H19FN2O2S/c1-12(16-3-2-8-23-16)17(21)19-14-9-13(18)10-15(11-14)20-4-6-22-7-5-20/h2-3,8-12H,4-7H2,1H3,(H,19,21). The van der Waals surface area contributed by atoms with E-state index in [-0.39, 0.29) is 17.6 Å². The lowest BCUT2D eigenvalue weighted by atomic mass is 10.1. The van der Waals surface area contributed by atoms with Crippen LogP contribution >= 0.6 is 11.3 Å². The zero-order valence-corrected chi connectivity index (χ0v) is 13.7. The van der Waals surface area contributed by atoms with Crippen molar-refractivity contribution >= 4 is 28.6 Å². The molecule has 0 radical (unpaired) electrons. The number of morpholine rings is 1. The Kier molecular flexibility index (Phi) is 4.93. The van der Waals surface area contributed by atoms with Gasteiger partial charge in [0.25, 0.3) is 0 Å². The Morgan fingerprint density at radius 3 is 2.83 bits per heavy atom. The van der Waals surface area contributed by atoms with E-state index < -0.39 is 0 Å². The molecular formula is C17H19FN2O2S. The highest BCUT2D eigenvalue weighted by atomic mass is 32.1. The van der Waals surface area contributed by atoms with Crippen molar-refractivity contribution in [2.24, 2.45) is 0 Å². The van der Waals surface area contributed by atoms with Crippen LogP contribution in [-0.2, 0) is 9.53 Å². The summed E-state index contributed by atoms with van der Waals surface area (Å²) in [6, 6.07) is 8.50. The molecule has 1 N–H and O–H groups in total. The average molecular weight is 334 g/mol. The molecule has 1 atom stereocenters. The highest BCUT2D eigenvalue weighted by Gasteiger charge is 2.18. The van der Waals surface area contributed by atoms with Crippen molar-refractivity contribution in [3.8, 4) is 0 Å². The molecule has 4 nitrogen and oxygen atoms in total. The van der Waals surface area contributed by atoms with Crippen molar-refractivity contribution in [2.75, 3.05) is 36.5 Å². The largest absolute Gasteiger partial charge is 0.378 e. The molecule has 1 aliphatic heterocycles. The second-order valence-corrected chi connectivity index (χ2v) is 6.50. The minimum atomic E-state index is -0.354. The average Bonchev–Trinajstić information content (AvgIpc) is 3.09. The molecule has 0 aliphatic carbocycles. The number of hydrogen-bond donors (Lipinski definition) is 1. The summed E-state index contributed by atoms with van der Waals surface area (Å²) in [4.78, 5) is 15.4. The van der Waals surface area contributed by atoms with E-state index in [1.165, 1.54) is 12.1 Å². The van der Waals surface area contributed by atoms with Gasteiger partial charge in [-0.05, 0) is 36.6 Å². The number of nitrogens with one attached hydrogen (secondary N) is 1. The number of ether oxygens (including phenoxy) is 1. The molecule has 1 fully saturated rings. The van der Waals surface area contributed by atoms with Gasteiger partial charge in [-0.25, -0.2) is 4.39 Å². The van der Waals surface area contributed by atoms with E-state index in [1.54, 1.807) is 11.3 Å². The number of rotatable bonds is 4. The quantitative estimate of drug-likeness (QED) is 0.931. The number of carbonyl (C=O) groups is 1. The van der Waals surface area contributed by atoms with Crippen molar-refractivity contribution in [1.82, 2.24) is 0 Å². The smallest absolute Gasteiger partial charge is 0.232 e. The molecule has 1 aromatic carbocycles. The highest BCUT2D eigenvalue weighted by molar-refractivity contribution is 7.10. The van der Waals surface area contributed by atoms with Gasteiger partial charge in [-0.15, -0.1) is 11.3 Å². The molecule has 2 heterocycles. The van der Waals surface area contributed by atoms with Gasteiger partial charge >= 0.3 is 0 Å². The first-order chi connectivity index (χ1) is 11.1. The minimum absolute atomic E-state index is 0.133. The number of amides is 1. The Morgan fingerprint density at radius 2 is 2.13 bits per heavy atom. The SMILES string of the molecule is CC(C(=O)Nc1cc(F)cc(N2CCOCC2)c1)c1cccs1. The first-order valence-electron chi connectivity index (χ1n) is 7.61. The van der Waals surface area contributed by atoms with Crippen molar-refractivity contribution in [1.29, 1.82) is 0 Å². The summed E-state index contributed by atoms with van der Waals surface area (Å²) in [7, 11) is 0. The normalized spacial score (nSPS) is 16.2. The van der Waals surface area contributed by atoms with E-state index in [0.29, 0.717) is 18.9 Å². The molecule has 0 saturated carbocycles. The lowest BCUT2D eigenvalue weighted by molar-refractivity contribution is -0.117. The van der Waals surface area contributed by atoms with Crippen LogP contribution in [0.25, 0.3) is 0 Å². The molecular weight excluding hydrogens is 315 g/mol. The minimum Gasteiger partial charge on any atom is -0.378 e. The van der Waals surface area contributed by atoms with Crippen LogP contribution in [0.15, 0.2) is 35.7 Å². The predicted molar refractivity (Wildman–Crippen MR) is 90.8 cm³/mol. The van der Waals surface area contributed by atoms with E-state index in [4.69, 9.17) is 4.74 Å². The zero-order chi connectivity index (χ0) is 16.2. The van der Waals surface area contributed by atoms with E-state index in [9.17, 15) is 9.18 Å². The Bertz CT molecular complexity index is 669. The fraction of sp³-hybridized carbons (Fsp3) is 0.353. The monoisotopic (exact) mass is 334 g/mol. The summed E-state index contributed by atoms with van der Waals surface area (Å²) >= 11 is 1.54. The number of halogens is 1. The van der Waals surface area contributed by atoms with Crippen LogP contribution in [0.2, 0.25) is 0 Å².